The summed E-state index contributed by atoms with van der Waals surface area (Å²) < 4.78 is 7.03. The first kappa shape index (κ1) is 24.4. The Bertz CT molecular complexity index is 1070. The van der Waals surface area contributed by atoms with Gasteiger partial charge in [-0.25, -0.2) is 0 Å². The van der Waals surface area contributed by atoms with Crippen molar-refractivity contribution in [1.82, 2.24) is 4.90 Å². The first-order valence-electron chi connectivity index (χ1n) is 13.2. The summed E-state index contributed by atoms with van der Waals surface area (Å²) in [4.78, 5) is 25.7. The van der Waals surface area contributed by atoms with Crippen molar-refractivity contribution >= 4 is 11.9 Å². The Morgan fingerprint density at radius 1 is 1.17 bits per heavy atom. The van der Waals surface area contributed by atoms with Crippen LogP contribution in [0.2, 0.25) is 0 Å². The average Bonchev–Trinajstić information content (AvgIpc) is 3.34. The van der Waals surface area contributed by atoms with Crippen molar-refractivity contribution in [2.75, 3.05) is 6.54 Å². The molecule has 1 amide bonds. The second kappa shape index (κ2) is 8.12. The summed E-state index contributed by atoms with van der Waals surface area (Å²) in [7, 11) is 0. The molecule has 0 radical (unpaired) electrons. The van der Waals surface area contributed by atoms with Crippen LogP contribution in [0.15, 0.2) is 6.07 Å². The van der Waals surface area contributed by atoms with Gasteiger partial charge in [0.1, 0.15) is 17.1 Å². The summed E-state index contributed by atoms with van der Waals surface area (Å²) in [5.41, 5.74) is 1.30. The largest absolute Gasteiger partial charge is 0.508 e. The summed E-state index contributed by atoms with van der Waals surface area (Å²) in [5, 5.41) is 30.8. The molecule has 5 atom stereocenters. The quantitative estimate of drug-likeness (QED) is 0.530. The number of unbranched alkanes of at least 4 members (excludes halogenated alkanes) is 1. The third-order valence-corrected chi connectivity index (χ3v) is 10.2. The first-order valence-corrected chi connectivity index (χ1v) is 13.2. The van der Waals surface area contributed by atoms with Gasteiger partial charge in [-0.3, -0.25) is 9.59 Å². The number of hydrogen-bond acceptors (Lipinski definition) is 5. The van der Waals surface area contributed by atoms with E-state index in [0.717, 1.165) is 36.8 Å². The Balaban J connectivity index is 1.47. The van der Waals surface area contributed by atoms with Crippen LogP contribution in [0.3, 0.4) is 0 Å². The lowest BCUT2D eigenvalue weighted by Gasteiger charge is -2.64. The summed E-state index contributed by atoms with van der Waals surface area (Å²) in [5.74, 6) is 0.437. The molecule has 2 aliphatic carbocycles. The third-order valence-electron chi connectivity index (χ3n) is 10.2. The van der Waals surface area contributed by atoms with Crippen LogP contribution >= 0.6 is 0 Å². The molecular formula is C28H39NO6. The molecule has 35 heavy (non-hydrogen) atoms. The van der Waals surface area contributed by atoms with Crippen LogP contribution in [-0.4, -0.2) is 50.3 Å². The topological polar surface area (TPSA) is 107 Å². The maximum atomic E-state index is 13.1. The lowest BCUT2D eigenvalue weighted by molar-refractivity contribution is -0.210. The summed E-state index contributed by atoms with van der Waals surface area (Å²) in [6.45, 7) is 9.86. The van der Waals surface area contributed by atoms with Gasteiger partial charge < -0.3 is 25.0 Å². The number of nitrogens with zero attached hydrogens (tertiary/aromatic N) is 1. The molecule has 0 aromatic heterocycles. The SMILES string of the molecule is C[C@@H]1CC[C@@H]2C(C)(C)[C@H](O)CC[C@@]2(C)[C@]12Cc1c(O)cc3c(c1O2)CN(CCCCC(=O)O)C3=O. The number of carbonyl (C=O) groups excluding carboxylic acids is 1. The fourth-order valence-corrected chi connectivity index (χ4v) is 8.09. The molecule has 1 aromatic carbocycles. The van der Waals surface area contributed by atoms with Crippen molar-refractivity contribution in [3.8, 4) is 11.5 Å². The van der Waals surface area contributed by atoms with Crippen molar-refractivity contribution in [3.63, 3.8) is 0 Å². The number of amides is 1. The fourth-order valence-electron chi connectivity index (χ4n) is 8.09. The zero-order valence-electron chi connectivity index (χ0n) is 21.4. The van der Waals surface area contributed by atoms with Crippen LogP contribution in [0.5, 0.6) is 11.5 Å². The number of hydrogen-bond donors (Lipinski definition) is 3. The fraction of sp³-hybridized carbons (Fsp3) is 0.714. The highest BCUT2D eigenvalue weighted by Crippen LogP contribution is 2.67. The lowest BCUT2D eigenvalue weighted by atomic mass is 9.43. The van der Waals surface area contributed by atoms with E-state index in [1.165, 1.54) is 0 Å². The summed E-state index contributed by atoms with van der Waals surface area (Å²) in [6.07, 6.45) is 5.20. The van der Waals surface area contributed by atoms with Gasteiger partial charge in [-0.2, -0.15) is 0 Å². The normalized spacial score (nSPS) is 34.9. The van der Waals surface area contributed by atoms with E-state index in [1.54, 1.807) is 11.0 Å². The van der Waals surface area contributed by atoms with E-state index in [4.69, 9.17) is 9.84 Å². The Morgan fingerprint density at radius 3 is 2.63 bits per heavy atom. The molecule has 4 aliphatic rings. The minimum atomic E-state index is -0.825. The van der Waals surface area contributed by atoms with Crippen molar-refractivity contribution in [2.45, 2.75) is 97.3 Å². The van der Waals surface area contributed by atoms with E-state index in [1.807, 2.05) is 0 Å². The number of aliphatic carboxylic acids is 1. The minimum Gasteiger partial charge on any atom is -0.508 e. The third kappa shape index (κ3) is 3.40. The number of ether oxygens (including phenoxy) is 1. The molecule has 0 saturated heterocycles. The minimum absolute atomic E-state index is 0.0967. The van der Waals surface area contributed by atoms with E-state index in [2.05, 4.69) is 27.7 Å². The Labute approximate surface area is 207 Å². The van der Waals surface area contributed by atoms with Gasteiger partial charge in [0.05, 0.1) is 18.2 Å². The number of carboxylic acids is 1. The molecule has 1 aromatic rings. The number of phenolic OH excluding ortho intramolecular Hbond substituents is 1. The van der Waals surface area contributed by atoms with E-state index in [-0.39, 0.29) is 40.9 Å². The predicted molar refractivity (Wildman–Crippen MR) is 130 cm³/mol. The van der Waals surface area contributed by atoms with Crippen molar-refractivity contribution in [3.05, 3.63) is 22.8 Å². The monoisotopic (exact) mass is 485 g/mol. The van der Waals surface area contributed by atoms with Crippen LogP contribution in [-0.2, 0) is 17.8 Å². The second-order valence-electron chi connectivity index (χ2n) is 12.3. The number of benzene rings is 1. The highest BCUT2D eigenvalue weighted by atomic mass is 16.5. The molecule has 0 unspecified atom stereocenters. The summed E-state index contributed by atoms with van der Waals surface area (Å²) >= 11 is 0. The van der Waals surface area contributed by atoms with Crippen molar-refractivity contribution < 1.29 is 29.6 Å². The van der Waals surface area contributed by atoms with Gasteiger partial charge in [-0.05, 0) is 61.8 Å². The molecule has 2 saturated carbocycles. The molecule has 2 fully saturated rings. The van der Waals surface area contributed by atoms with Crippen LogP contribution in [0.1, 0.15) is 94.1 Å². The number of fused-ring (bicyclic) bond motifs is 5. The van der Waals surface area contributed by atoms with Crippen molar-refractivity contribution in [2.24, 2.45) is 22.7 Å². The Morgan fingerprint density at radius 2 is 1.91 bits per heavy atom. The highest BCUT2D eigenvalue weighted by Gasteiger charge is 2.67. The molecule has 5 rings (SSSR count). The van der Waals surface area contributed by atoms with Gasteiger partial charge in [-0.1, -0.05) is 27.7 Å². The maximum Gasteiger partial charge on any atom is 0.303 e. The first-order chi connectivity index (χ1) is 16.4. The Kier molecular flexibility index (Phi) is 5.66. The molecule has 7 nitrogen and oxygen atoms in total. The van der Waals surface area contributed by atoms with Crippen LogP contribution in [0.25, 0.3) is 0 Å². The second-order valence-corrected chi connectivity index (χ2v) is 12.3. The van der Waals surface area contributed by atoms with Crippen molar-refractivity contribution in [1.29, 1.82) is 0 Å². The highest BCUT2D eigenvalue weighted by molar-refractivity contribution is 6.00. The van der Waals surface area contributed by atoms with Crippen LogP contribution in [0.4, 0.5) is 0 Å². The number of rotatable bonds is 5. The molecule has 1 spiro atoms. The molecule has 0 bridgehead atoms. The molecular weight excluding hydrogens is 446 g/mol. The number of aliphatic hydroxyl groups excluding tert-OH is 1. The van der Waals surface area contributed by atoms with Gasteiger partial charge in [0.15, 0.2) is 0 Å². The summed E-state index contributed by atoms with van der Waals surface area (Å²) in [6, 6.07) is 1.61. The van der Waals surface area contributed by atoms with Gasteiger partial charge in [0, 0.05) is 35.9 Å². The van der Waals surface area contributed by atoms with Crippen LogP contribution < -0.4 is 4.74 Å². The van der Waals surface area contributed by atoms with E-state index in [9.17, 15) is 19.8 Å². The van der Waals surface area contributed by atoms with Gasteiger partial charge in [0.2, 0.25) is 0 Å². The average molecular weight is 486 g/mol. The number of aromatic hydroxyl groups is 1. The number of aliphatic hydroxyl groups is 1. The Hall–Kier alpha value is -2.28. The number of carboxylic acid groups (broad SMARTS) is 1. The molecule has 7 heteroatoms. The molecule has 2 heterocycles. The van der Waals surface area contributed by atoms with Gasteiger partial charge >= 0.3 is 5.97 Å². The van der Waals surface area contributed by atoms with E-state index in [0.29, 0.717) is 49.6 Å². The van der Waals surface area contributed by atoms with Gasteiger partial charge in [-0.15, -0.1) is 0 Å². The van der Waals surface area contributed by atoms with E-state index >= 15 is 0 Å². The predicted octanol–water partition coefficient (Wildman–Crippen LogP) is 4.51. The van der Waals surface area contributed by atoms with Crippen LogP contribution in [0, 0.1) is 22.7 Å². The molecule has 3 N–H and O–H groups in total. The van der Waals surface area contributed by atoms with Gasteiger partial charge in [0.25, 0.3) is 5.91 Å². The van der Waals surface area contributed by atoms with E-state index < -0.39 is 11.6 Å². The zero-order chi connectivity index (χ0) is 25.3. The smallest absolute Gasteiger partial charge is 0.303 e. The lowest BCUT2D eigenvalue weighted by Crippen LogP contribution is -2.66. The maximum absolute atomic E-state index is 13.1. The standard InChI is InChI=1S/C28H39NO6/c1-16-8-9-21-26(2,3)22(31)10-11-27(21,4)28(16)14-18-20(30)13-17-19(24(18)35-28)15-29(25(17)34)12-6-5-7-23(32)33/h13,16,21-22,30-31H,5-12,14-15H2,1-4H3,(H,32,33)/t16-,21-,22-,27-,28+/m1/s1. The molecule has 192 valence electrons. The zero-order valence-corrected chi connectivity index (χ0v) is 21.4. The number of carbonyl (C=O) groups is 2. The molecule has 2 aliphatic heterocycles. The number of phenols is 1.